The van der Waals surface area contributed by atoms with Crippen molar-refractivity contribution in [3.8, 4) is 0 Å². The fraction of sp³-hybridized carbons (Fsp3) is 1.00. The van der Waals surface area contributed by atoms with Crippen LogP contribution in [0.25, 0.3) is 0 Å². The molecule has 0 rings (SSSR count). The first kappa shape index (κ1) is 22.9. The third kappa shape index (κ3) is 5.72. The summed E-state index contributed by atoms with van der Waals surface area (Å²) >= 11 is 0. The molecule has 0 N–H and O–H groups in total. The zero-order valence-electron chi connectivity index (χ0n) is 16.9. The predicted octanol–water partition coefficient (Wildman–Crippen LogP) is 6.16. The van der Waals surface area contributed by atoms with Crippen molar-refractivity contribution in [2.75, 3.05) is 21.3 Å². The van der Waals surface area contributed by atoms with Crippen LogP contribution < -0.4 is 0 Å². The fourth-order valence-corrected chi connectivity index (χ4v) is 4.31. The second-order valence-corrected chi connectivity index (χ2v) is 6.93. The topological polar surface area (TPSA) is 27.7 Å². The van der Waals surface area contributed by atoms with Crippen LogP contribution in [0, 0.1) is 11.3 Å². The predicted molar refractivity (Wildman–Crippen MR) is 98.5 cm³/mol. The summed E-state index contributed by atoms with van der Waals surface area (Å²) in [5.74, 6) is -0.439. The Morgan fingerprint density at radius 1 is 0.696 bits per heavy atom. The van der Waals surface area contributed by atoms with Gasteiger partial charge in [-0.3, -0.25) is 0 Å². The summed E-state index contributed by atoms with van der Waals surface area (Å²) in [6.07, 6.45) is 12.2. The molecule has 0 unspecified atom stereocenters. The first-order chi connectivity index (χ1) is 11.0. The number of ether oxygens (including phenoxy) is 3. The van der Waals surface area contributed by atoms with E-state index in [1.54, 1.807) is 21.3 Å². The van der Waals surface area contributed by atoms with Gasteiger partial charge in [0.05, 0.1) is 5.41 Å². The Labute approximate surface area is 145 Å². The van der Waals surface area contributed by atoms with Crippen LogP contribution in [0.5, 0.6) is 0 Å². The Morgan fingerprint density at radius 3 is 1.57 bits per heavy atom. The third-order valence-corrected chi connectivity index (χ3v) is 5.49. The van der Waals surface area contributed by atoms with Crippen LogP contribution in [0.3, 0.4) is 0 Å². The minimum atomic E-state index is -0.943. The molecular weight excluding hydrogens is 288 g/mol. The lowest BCUT2D eigenvalue weighted by Crippen LogP contribution is -2.56. The van der Waals surface area contributed by atoms with Crippen molar-refractivity contribution in [1.29, 1.82) is 0 Å². The summed E-state index contributed by atoms with van der Waals surface area (Å²) in [4.78, 5) is 0. The SMILES string of the molecule is CCCCCCC[C@@H](C)C(CCC)(CCC)C(OC)(OC)OC. The highest BCUT2D eigenvalue weighted by atomic mass is 16.9. The van der Waals surface area contributed by atoms with Gasteiger partial charge < -0.3 is 14.2 Å². The molecule has 0 aromatic heterocycles. The van der Waals surface area contributed by atoms with Crippen LogP contribution in [0.1, 0.15) is 91.9 Å². The Hall–Kier alpha value is -0.120. The maximum absolute atomic E-state index is 5.83. The molecule has 3 nitrogen and oxygen atoms in total. The van der Waals surface area contributed by atoms with Crippen molar-refractivity contribution in [1.82, 2.24) is 0 Å². The minimum absolute atomic E-state index is 0.0977. The summed E-state index contributed by atoms with van der Waals surface area (Å²) in [7, 11) is 5.13. The molecule has 0 saturated carbocycles. The first-order valence-corrected chi connectivity index (χ1v) is 9.69. The van der Waals surface area contributed by atoms with Crippen LogP contribution in [0.4, 0.5) is 0 Å². The lowest BCUT2D eigenvalue weighted by Gasteiger charge is -2.50. The molecule has 1 atom stereocenters. The molecule has 0 aliphatic rings. The van der Waals surface area contributed by atoms with Gasteiger partial charge in [0.25, 0.3) is 5.97 Å². The van der Waals surface area contributed by atoms with Crippen molar-refractivity contribution < 1.29 is 14.2 Å². The van der Waals surface area contributed by atoms with E-state index in [0.717, 1.165) is 25.7 Å². The van der Waals surface area contributed by atoms with Gasteiger partial charge in [-0.25, -0.2) is 0 Å². The van der Waals surface area contributed by atoms with Gasteiger partial charge >= 0.3 is 0 Å². The van der Waals surface area contributed by atoms with E-state index in [1.165, 1.54) is 38.5 Å². The molecule has 0 aliphatic heterocycles. The van der Waals surface area contributed by atoms with Gasteiger partial charge in [0, 0.05) is 21.3 Å². The quantitative estimate of drug-likeness (QED) is 0.266. The van der Waals surface area contributed by atoms with Crippen LogP contribution in [-0.4, -0.2) is 27.3 Å². The van der Waals surface area contributed by atoms with Gasteiger partial charge in [-0.2, -0.15) is 0 Å². The molecule has 0 aliphatic carbocycles. The van der Waals surface area contributed by atoms with E-state index in [-0.39, 0.29) is 5.41 Å². The van der Waals surface area contributed by atoms with Crippen molar-refractivity contribution in [2.45, 2.75) is 97.9 Å². The average molecular weight is 331 g/mol. The van der Waals surface area contributed by atoms with E-state index in [1.807, 2.05) is 0 Å². The molecule has 0 aromatic carbocycles. The molecular formula is C20H42O3. The molecule has 23 heavy (non-hydrogen) atoms. The lowest BCUT2D eigenvalue weighted by atomic mass is 9.66. The summed E-state index contributed by atoms with van der Waals surface area (Å²) < 4.78 is 17.5. The van der Waals surface area contributed by atoms with E-state index >= 15 is 0 Å². The van der Waals surface area contributed by atoms with Gasteiger partial charge in [-0.15, -0.1) is 0 Å². The van der Waals surface area contributed by atoms with Crippen molar-refractivity contribution in [3.63, 3.8) is 0 Å². The van der Waals surface area contributed by atoms with Gasteiger partial charge in [0.2, 0.25) is 0 Å². The normalized spacial score (nSPS) is 14.2. The van der Waals surface area contributed by atoms with Gasteiger partial charge in [0.1, 0.15) is 0 Å². The van der Waals surface area contributed by atoms with E-state index in [0.29, 0.717) is 5.92 Å². The third-order valence-electron chi connectivity index (χ3n) is 5.49. The number of rotatable bonds is 15. The molecule has 0 radical (unpaired) electrons. The Kier molecular flexibility index (Phi) is 12.2. The highest BCUT2D eigenvalue weighted by Gasteiger charge is 2.55. The van der Waals surface area contributed by atoms with E-state index in [9.17, 15) is 0 Å². The van der Waals surface area contributed by atoms with Gasteiger partial charge in [0.15, 0.2) is 0 Å². The molecule has 0 saturated heterocycles. The highest BCUT2D eigenvalue weighted by Crippen LogP contribution is 2.51. The summed E-state index contributed by atoms with van der Waals surface area (Å²) in [5, 5.41) is 0. The Bertz CT molecular complexity index is 260. The molecule has 0 amide bonds. The van der Waals surface area contributed by atoms with Crippen LogP contribution >= 0.6 is 0 Å². The summed E-state index contributed by atoms with van der Waals surface area (Å²) in [5.41, 5.74) is -0.0977. The lowest BCUT2D eigenvalue weighted by molar-refractivity contribution is -0.418. The Balaban J connectivity index is 5.22. The van der Waals surface area contributed by atoms with E-state index in [2.05, 4.69) is 27.7 Å². The van der Waals surface area contributed by atoms with Crippen molar-refractivity contribution >= 4 is 0 Å². The zero-order valence-corrected chi connectivity index (χ0v) is 16.9. The molecule has 0 heterocycles. The molecule has 0 bridgehead atoms. The van der Waals surface area contributed by atoms with Crippen molar-refractivity contribution in [3.05, 3.63) is 0 Å². The second kappa shape index (κ2) is 12.3. The number of unbranched alkanes of at least 4 members (excludes halogenated alkanes) is 4. The number of hydrogen-bond donors (Lipinski definition) is 0. The smallest absolute Gasteiger partial charge is 0.288 e. The van der Waals surface area contributed by atoms with Crippen LogP contribution in [-0.2, 0) is 14.2 Å². The van der Waals surface area contributed by atoms with Gasteiger partial charge in [-0.1, -0.05) is 72.6 Å². The maximum atomic E-state index is 5.83. The van der Waals surface area contributed by atoms with E-state index < -0.39 is 5.97 Å². The molecule has 0 spiro atoms. The van der Waals surface area contributed by atoms with Gasteiger partial charge in [-0.05, 0) is 25.2 Å². The fourth-order valence-electron chi connectivity index (χ4n) is 4.31. The Morgan fingerprint density at radius 2 is 1.17 bits per heavy atom. The average Bonchev–Trinajstić information content (AvgIpc) is 2.56. The molecule has 0 aromatic rings. The van der Waals surface area contributed by atoms with Crippen LogP contribution in [0.2, 0.25) is 0 Å². The standard InChI is InChI=1S/C20H42O3/c1-8-11-12-13-14-15-18(4)19(16-9-2,17-10-3)20(21-5,22-6)23-7/h18H,8-17H2,1-7H3/t18-/m1/s1. The number of hydrogen-bond acceptors (Lipinski definition) is 3. The summed E-state index contributed by atoms with van der Waals surface area (Å²) in [6, 6.07) is 0. The molecule has 3 heteroatoms. The minimum Gasteiger partial charge on any atom is -0.330 e. The maximum Gasteiger partial charge on any atom is 0.288 e. The van der Waals surface area contributed by atoms with Crippen molar-refractivity contribution in [2.24, 2.45) is 11.3 Å². The van der Waals surface area contributed by atoms with Crippen LogP contribution in [0.15, 0.2) is 0 Å². The number of methoxy groups -OCH3 is 3. The zero-order chi connectivity index (χ0) is 17.8. The second-order valence-electron chi connectivity index (χ2n) is 6.93. The largest absolute Gasteiger partial charge is 0.330 e. The molecule has 140 valence electrons. The summed E-state index contributed by atoms with van der Waals surface area (Å²) in [6.45, 7) is 9.10. The monoisotopic (exact) mass is 330 g/mol. The van der Waals surface area contributed by atoms with E-state index in [4.69, 9.17) is 14.2 Å². The highest BCUT2D eigenvalue weighted by molar-refractivity contribution is 4.92. The molecule has 0 fully saturated rings. The first-order valence-electron chi connectivity index (χ1n) is 9.69.